The van der Waals surface area contributed by atoms with Gasteiger partial charge < -0.3 is 15.0 Å². The van der Waals surface area contributed by atoms with Gasteiger partial charge in [-0.25, -0.2) is 21.9 Å². The minimum Gasteiger partial charge on any atom is -0.381 e. The van der Waals surface area contributed by atoms with E-state index < -0.39 is 15.8 Å². The molecule has 7 nitrogen and oxygen atoms in total. The molecule has 28 heavy (non-hydrogen) atoms. The normalized spacial score (nSPS) is 23.9. The van der Waals surface area contributed by atoms with E-state index in [4.69, 9.17) is 4.74 Å². The fraction of sp³-hybridized carbons (Fsp3) is 0.632. The van der Waals surface area contributed by atoms with Crippen molar-refractivity contribution < 1.29 is 22.3 Å². The van der Waals surface area contributed by atoms with Gasteiger partial charge in [-0.15, -0.1) is 0 Å². The van der Waals surface area contributed by atoms with Gasteiger partial charge in [0, 0.05) is 38.9 Å². The Hall–Kier alpha value is -1.71. The topological polar surface area (TPSA) is 79.0 Å². The number of urea groups is 1. The van der Waals surface area contributed by atoms with Gasteiger partial charge in [-0.1, -0.05) is 12.1 Å². The molecule has 1 aromatic rings. The molecule has 9 heteroatoms. The maximum atomic E-state index is 13.4. The number of amides is 2. The van der Waals surface area contributed by atoms with Gasteiger partial charge in [-0.05, 0) is 43.4 Å². The van der Waals surface area contributed by atoms with Crippen LogP contribution in [-0.2, 0) is 20.5 Å². The summed E-state index contributed by atoms with van der Waals surface area (Å²) >= 11 is 0. The molecule has 4 rings (SSSR count). The molecular weight excluding hydrogens is 385 g/mol. The first kappa shape index (κ1) is 19.6. The molecule has 154 valence electrons. The number of benzene rings is 1. The number of rotatable bonds is 4. The van der Waals surface area contributed by atoms with E-state index in [2.05, 4.69) is 5.32 Å². The molecule has 0 bridgehead atoms. The lowest BCUT2D eigenvalue weighted by Crippen LogP contribution is -2.57. The maximum absolute atomic E-state index is 13.4. The number of hydrogen-bond acceptors (Lipinski definition) is 4. The first-order valence-corrected chi connectivity index (χ1v) is 11.4. The van der Waals surface area contributed by atoms with E-state index in [0.717, 1.165) is 12.8 Å². The molecule has 0 radical (unpaired) electrons. The zero-order valence-electron chi connectivity index (χ0n) is 15.8. The van der Waals surface area contributed by atoms with Crippen molar-refractivity contribution in [1.29, 1.82) is 0 Å². The largest absolute Gasteiger partial charge is 0.381 e. The Labute approximate surface area is 164 Å². The van der Waals surface area contributed by atoms with Crippen LogP contribution in [0.4, 0.5) is 9.18 Å². The van der Waals surface area contributed by atoms with Crippen molar-refractivity contribution in [3.8, 4) is 0 Å². The van der Waals surface area contributed by atoms with Crippen molar-refractivity contribution in [1.82, 2.24) is 14.5 Å². The summed E-state index contributed by atoms with van der Waals surface area (Å²) in [6.45, 7) is 2.67. The summed E-state index contributed by atoms with van der Waals surface area (Å²) in [5.74, 6) is -0.644. The molecule has 3 heterocycles. The summed E-state index contributed by atoms with van der Waals surface area (Å²) in [5, 5.41) is 2.97. The fourth-order valence-electron chi connectivity index (χ4n) is 4.66. The fourth-order valence-corrected chi connectivity index (χ4v) is 6.21. The molecule has 0 unspecified atom stereocenters. The number of sulfonamides is 1. The molecule has 0 aromatic heterocycles. The molecule has 1 N–H and O–H groups in total. The second-order valence-electron chi connectivity index (χ2n) is 7.88. The Morgan fingerprint density at radius 2 is 1.93 bits per heavy atom. The van der Waals surface area contributed by atoms with E-state index in [9.17, 15) is 17.6 Å². The maximum Gasteiger partial charge on any atom is 0.318 e. The average Bonchev–Trinajstić information content (AvgIpc) is 2.98. The van der Waals surface area contributed by atoms with Crippen LogP contribution in [0.15, 0.2) is 24.3 Å². The second kappa shape index (κ2) is 7.61. The molecular formula is C19H26FN3O4S. The highest BCUT2D eigenvalue weighted by atomic mass is 32.2. The lowest BCUT2D eigenvalue weighted by molar-refractivity contribution is -0.0121. The Morgan fingerprint density at radius 1 is 1.21 bits per heavy atom. The number of carbonyl (C=O) groups is 1. The van der Waals surface area contributed by atoms with Crippen LogP contribution >= 0.6 is 0 Å². The molecule has 0 saturated carbocycles. The number of piperidine rings is 1. The zero-order chi connectivity index (χ0) is 19.8. The van der Waals surface area contributed by atoms with Gasteiger partial charge >= 0.3 is 6.03 Å². The third kappa shape index (κ3) is 3.75. The molecule has 0 atom stereocenters. The van der Waals surface area contributed by atoms with Gasteiger partial charge in [0.05, 0.1) is 11.3 Å². The number of nitrogens with zero attached hydrogens (tertiary/aromatic N) is 2. The van der Waals surface area contributed by atoms with Crippen molar-refractivity contribution in [2.24, 2.45) is 0 Å². The van der Waals surface area contributed by atoms with Crippen molar-refractivity contribution in [2.75, 3.05) is 32.8 Å². The second-order valence-corrected chi connectivity index (χ2v) is 9.85. The predicted octanol–water partition coefficient (Wildman–Crippen LogP) is 1.69. The number of hydrogen-bond donors (Lipinski definition) is 1. The number of carbonyl (C=O) groups excluding carboxylic acids is 1. The summed E-state index contributed by atoms with van der Waals surface area (Å²) in [6.07, 6.45) is 2.84. The summed E-state index contributed by atoms with van der Waals surface area (Å²) in [4.78, 5) is 14.5. The minimum absolute atomic E-state index is 0.0289. The van der Waals surface area contributed by atoms with Gasteiger partial charge in [0.25, 0.3) is 0 Å². The Bertz CT molecular complexity index is 833. The summed E-state index contributed by atoms with van der Waals surface area (Å²) in [5.41, 5.74) is 0.241. The lowest BCUT2D eigenvalue weighted by atomic mass is 9.87. The number of nitrogens with one attached hydrogen (secondary N) is 1. The van der Waals surface area contributed by atoms with E-state index in [1.165, 1.54) is 22.5 Å². The zero-order valence-corrected chi connectivity index (χ0v) is 16.6. The molecule has 0 aliphatic carbocycles. The molecule has 1 aromatic carbocycles. The van der Waals surface area contributed by atoms with Crippen LogP contribution in [0.3, 0.4) is 0 Å². The Kier molecular flexibility index (Phi) is 5.32. The van der Waals surface area contributed by atoms with Gasteiger partial charge in [-0.2, -0.15) is 0 Å². The summed E-state index contributed by atoms with van der Waals surface area (Å²) < 4.78 is 45.8. The van der Waals surface area contributed by atoms with Crippen LogP contribution in [0.1, 0.15) is 31.2 Å². The van der Waals surface area contributed by atoms with Crippen LogP contribution in [0, 0.1) is 5.82 Å². The van der Waals surface area contributed by atoms with Crippen molar-refractivity contribution in [2.45, 2.75) is 43.0 Å². The van der Waals surface area contributed by atoms with Crippen molar-refractivity contribution in [3.63, 3.8) is 0 Å². The quantitative estimate of drug-likeness (QED) is 0.818. The van der Waals surface area contributed by atoms with Crippen LogP contribution in [0.2, 0.25) is 0 Å². The Morgan fingerprint density at radius 3 is 2.61 bits per heavy atom. The van der Waals surface area contributed by atoms with Gasteiger partial charge in [0.15, 0.2) is 0 Å². The first-order chi connectivity index (χ1) is 13.4. The highest BCUT2D eigenvalue weighted by Crippen LogP contribution is 2.36. The highest BCUT2D eigenvalue weighted by Gasteiger charge is 2.49. The molecule has 3 saturated heterocycles. The molecule has 3 aliphatic rings. The smallest absolute Gasteiger partial charge is 0.318 e. The van der Waals surface area contributed by atoms with Gasteiger partial charge in [-0.3, -0.25) is 0 Å². The van der Waals surface area contributed by atoms with Gasteiger partial charge in [0.1, 0.15) is 5.82 Å². The number of halogens is 1. The van der Waals surface area contributed by atoms with Crippen molar-refractivity contribution >= 4 is 16.1 Å². The minimum atomic E-state index is -3.52. The SMILES string of the molecule is O=C1NCC2(CCOCC2)N1C1CCN(S(=O)(=O)Cc2cccc(F)c2)CC1. The third-order valence-electron chi connectivity index (χ3n) is 6.14. The van der Waals surface area contributed by atoms with Crippen LogP contribution in [0.25, 0.3) is 0 Å². The van der Waals surface area contributed by atoms with E-state index in [1.807, 2.05) is 4.90 Å². The van der Waals surface area contributed by atoms with Crippen molar-refractivity contribution in [3.05, 3.63) is 35.6 Å². The third-order valence-corrected chi connectivity index (χ3v) is 7.99. The van der Waals surface area contributed by atoms with E-state index in [-0.39, 0.29) is 23.4 Å². The van der Waals surface area contributed by atoms with E-state index >= 15 is 0 Å². The van der Waals surface area contributed by atoms with E-state index in [0.29, 0.717) is 51.3 Å². The van der Waals surface area contributed by atoms with Crippen LogP contribution in [0.5, 0.6) is 0 Å². The summed E-state index contributed by atoms with van der Waals surface area (Å²) in [7, 11) is -3.52. The monoisotopic (exact) mass is 411 g/mol. The first-order valence-electron chi connectivity index (χ1n) is 9.77. The number of ether oxygens (including phenoxy) is 1. The van der Waals surface area contributed by atoms with E-state index in [1.54, 1.807) is 6.07 Å². The standard InChI is InChI=1S/C19H26FN3O4S/c20-16-3-1-2-15(12-16)13-28(25,26)22-8-4-17(5-9-22)23-18(24)21-14-19(23)6-10-27-11-7-19/h1-3,12,17H,4-11,13-14H2,(H,21,24). The Balaban J connectivity index is 1.42. The lowest BCUT2D eigenvalue weighted by Gasteiger charge is -2.46. The molecule has 3 fully saturated rings. The van der Waals surface area contributed by atoms with Crippen LogP contribution in [-0.4, -0.2) is 68.1 Å². The van der Waals surface area contributed by atoms with Gasteiger partial charge in [0.2, 0.25) is 10.0 Å². The predicted molar refractivity (Wildman–Crippen MR) is 102 cm³/mol. The molecule has 3 aliphatic heterocycles. The highest BCUT2D eigenvalue weighted by molar-refractivity contribution is 7.88. The average molecular weight is 411 g/mol. The van der Waals surface area contributed by atoms with Crippen LogP contribution < -0.4 is 5.32 Å². The molecule has 1 spiro atoms. The molecule has 2 amide bonds. The summed E-state index contributed by atoms with van der Waals surface area (Å²) in [6, 6.07) is 5.68.